The van der Waals surface area contributed by atoms with Crippen molar-refractivity contribution in [1.82, 2.24) is 0 Å². The van der Waals surface area contributed by atoms with Crippen LogP contribution in [0.25, 0.3) is 0 Å². The minimum Gasteiger partial charge on any atom is -0.478 e. The molecule has 0 amide bonds. The van der Waals surface area contributed by atoms with Crippen LogP contribution in [0.4, 0.5) is 0 Å². The fourth-order valence-corrected chi connectivity index (χ4v) is 1.61. The maximum Gasteiger partial charge on any atom is 0.174 e. The Bertz CT molecular complexity index is 355. The van der Waals surface area contributed by atoms with Crippen molar-refractivity contribution < 1.29 is 4.74 Å². The second-order valence-electron chi connectivity index (χ2n) is 3.29. The van der Waals surface area contributed by atoms with Crippen LogP contribution in [0.1, 0.15) is 25.3 Å². The molecule has 0 aliphatic carbocycles. The van der Waals surface area contributed by atoms with E-state index < -0.39 is 0 Å². The van der Waals surface area contributed by atoms with Gasteiger partial charge < -0.3 is 4.74 Å². The van der Waals surface area contributed by atoms with E-state index in [9.17, 15) is 0 Å². The molecule has 0 fully saturated rings. The van der Waals surface area contributed by atoms with Crippen LogP contribution < -0.4 is 4.74 Å². The highest BCUT2D eigenvalue weighted by Gasteiger charge is 2.04. The normalized spacial score (nSPS) is 9.93. The van der Waals surface area contributed by atoms with Crippen LogP contribution in [0, 0.1) is 11.3 Å². The predicted octanol–water partition coefficient (Wildman–Crippen LogP) is 3.47. The SMILES string of the molecule is CC(C)c1ccc(OCC#N)c(Br)c1. The van der Waals surface area contributed by atoms with Gasteiger partial charge in [0.2, 0.25) is 0 Å². The highest BCUT2D eigenvalue weighted by Crippen LogP contribution is 2.28. The topological polar surface area (TPSA) is 33.0 Å². The molecule has 0 N–H and O–H groups in total. The molecule has 0 unspecified atom stereocenters. The fourth-order valence-electron chi connectivity index (χ4n) is 1.10. The van der Waals surface area contributed by atoms with E-state index in [1.807, 2.05) is 24.3 Å². The molecule has 2 nitrogen and oxygen atoms in total. The maximum atomic E-state index is 8.37. The van der Waals surface area contributed by atoms with Gasteiger partial charge in [-0.3, -0.25) is 0 Å². The van der Waals surface area contributed by atoms with Crippen molar-refractivity contribution in [2.75, 3.05) is 6.61 Å². The summed E-state index contributed by atoms with van der Waals surface area (Å²) in [4.78, 5) is 0. The van der Waals surface area contributed by atoms with E-state index in [4.69, 9.17) is 10.00 Å². The third-order valence-corrected chi connectivity index (χ3v) is 2.53. The van der Waals surface area contributed by atoms with Gasteiger partial charge in [0.1, 0.15) is 11.8 Å². The van der Waals surface area contributed by atoms with E-state index in [0.717, 1.165) is 10.2 Å². The number of ether oxygens (including phenoxy) is 1. The van der Waals surface area contributed by atoms with Gasteiger partial charge in [0, 0.05) is 0 Å². The fraction of sp³-hybridized carbons (Fsp3) is 0.364. The summed E-state index contributed by atoms with van der Waals surface area (Å²) in [6.07, 6.45) is 0. The lowest BCUT2D eigenvalue weighted by molar-refractivity contribution is 0.365. The minimum atomic E-state index is 0.0830. The summed E-state index contributed by atoms with van der Waals surface area (Å²) < 4.78 is 6.11. The first-order chi connectivity index (χ1) is 6.65. The van der Waals surface area contributed by atoms with Gasteiger partial charge in [0.15, 0.2) is 6.61 Å². The van der Waals surface area contributed by atoms with Gasteiger partial charge in [-0.2, -0.15) is 5.26 Å². The van der Waals surface area contributed by atoms with Crippen LogP contribution in [0.15, 0.2) is 22.7 Å². The molecule has 0 aliphatic rings. The molecule has 0 heterocycles. The van der Waals surface area contributed by atoms with Crippen LogP contribution in [-0.2, 0) is 0 Å². The molecule has 0 radical (unpaired) electrons. The number of nitrogens with zero attached hydrogens (tertiary/aromatic N) is 1. The van der Waals surface area contributed by atoms with Gasteiger partial charge in [0.25, 0.3) is 0 Å². The first-order valence-electron chi connectivity index (χ1n) is 4.44. The average molecular weight is 254 g/mol. The number of hydrogen-bond donors (Lipinski definition) is 0. The van der Waals surface area contributed by atoms with Crippen molar-refractivity contribution in [3.63, 3.8) is 0 Å². The molecule has 1 aromatic carbocycles. The Morgan fingerprint density at radius 1 is 1.50 bits per heavy atom. The zero-order valence-corrected chi connectivity index (χ0v) is 9.84. The molecule has 0 aromatic heterocycles. The van der Waals surface area contributed by atoms with Crippen molar-refractivity contribution in [2.24, 2.45) is 0 Å². The maximum absolute atomic E-state index is 8.37. The molecule has 0 bridgehead atoms. The average Bonchev–Trinajstić information content (AvgIpc) is 2.15. The lowest BCUT2D eigenvalue weighted by Gasteiger charge is -2.09. The number of nitriles is 1. The van der Waals surface area contributed by atoms with Gasteiger partial charge in [-0.05, 0) is 39.5 Å². The first-order valence-corrected chi connectivity index (χ1v) is 5.23. The van der Waals surface area contributed by atoms with Crippen LogP contribution in [0.5, 0.6) is 5.75 Å². The summed E-state index contributed by atoms with van der Waals surface area (Å²) in [6.45, 7) is 4.36. The second kappa shape index (κ2) is 5.02. The van der Waals surface area contributed by atoms with Gasteiger partial charge >= 0.3 is 0 Å². The van der Waals surface area contributed by atoms with Gasteiger partial charge in [-0.1, -0.05) is 19.9 Å². The molecule has 0 atom stereocenters. The summed E-state index contributed by atoms with van der Waals surface area (Å²) in [7, 11) is 0. The Hall–Kier alpha value is -1.01. The van der Waals surface area contributed by atoms with Crippen molar-refractivity contribution in [1.29, 1.82) is 5.26 Å². The first kappa shape index (κ1) is 11.1. The zero-order valence-electron chi connectivity index (χ0n) is 8.25. The van der Waals surface area contributed by atoms with Gasteiger partial charge in [-0.25, -0.2) is 0 Å². The molecule has 14 heavy (non-hydrogen) atoms. The highest BCUT2D eigenvalue weighted by molar-refractivity contribution is 9.10. The van der Waals surface area contributed by atoms with Crippen LogP contribution in [0.3, 0.4) is 0 Å². The van der Waals surface area contributed by atoms with Crippen molar-refractivity contribution in [3.05, 3.63) is 28.2 Å². The van der Waals surface area contributed by atoms with Crippen molar-refractivity contribution in [2.45, 2.75) is 19.8 Å². The quantitative estimate of drug-likeness (QED) is 0.827. The van der Waals surface area contributed by atoms with E-state index in [2.05, 4.69) is 29.8 Å². The zero-order chi connectivity index (χ0) is 10.6. The highest BCUT2D eigenvalue weighted by atomic mass is 79.9. The lowest BCUT2D eigenvalue weighted by Crippen LogP contribution is -1.95. The molecule has 1 aromatic rings. The van der Waals surface area contributed by atoms with Gasteiger partial charge in [-0.15, -0.1) is 0 Å². The number of benzene rings is 1. The molecule has 0 saturated carbocycles. The second-order valence-corrected chi connectivity index (χ2v) is 4.15. The Morgan fingerprint density at radius 2 is 2.21 bits per heavy atom. The lowest BCUT2D eigenvalue weighted by atomic mass is 10.0. The van der Waals surface area contributed by atoms with E-state index in [1.54, 1.807) is 0 Å². The largest absolute Gasteiger partial charge is 0.478 e. The molecule has 0 saturated heterocycles. The Balaban J connectivity index is 2.85. The van der Waals surface area contributed by atoms with Gasteiger partial charge in [0.05, 0.1) is 4.47 Å². The Morgan fingerprint density at radius 3 is 2.71 bits per heavy atom. The van der Waals surface area contributed by atoms with E-state index in [-0.39, 0.29) is 6.61 Å². The summed E-state index contributed by atoms with van der Waals surface area (Å²) in [6, 6.07) is 7.86. The standard InChI is InChI=1S/C11H12BrNO/c1-8(2)9-3-4-11(10(12)7-9)14-6-5-13/h3-4,7-8H,6H2,1-2H3. The minimum absolute atomic E-state index is 0.0830. The van der Waals surface area contributed by atoms with Crippen LogP contribution in [0.2, 0.25) is 0 Å². The smallest absolute Gasteiger partial charge is 0.174 e. The molecule has 3 heteroatoms. The third-order valence-electron chi connectivity index (χ3n) is 1.91. The summed E-state index contributed by atoms with van der Waals surface area (Å²) in [5, 5.41) is 8.37. The molecular weight excluding hydrogens is 242 g/mol. The summed E-state index contributed by atoms with van der Waals surface area (Å²) in [5.74, 6) is 1.22. The van der Waals surface area contributed by atoms with E-state index in [1.165, 1.54) is 5.56 Å². The summed E-state index contributed by atoms with van der Waals surface area (Å²) >= 11 is 3.41. The molecule has 0 spiro atoms. The number of halogens is 1. The Labute approximate surface area is 92.6 Å². The van der Waals surface area contributed by atoms with Crippen molar-refractivity contribution >= 4 is 15.9 Å². The predicted molar refractivity (Wildman–Crippen MR) is 59.3 cm³/mol. The Kier molecular flexibility index (Phi) is 3.97. The molecule has 74 valence electrons. The molecule has 1 rings (SSSR count). The van der Waals surface area contributed by atoms with E-state index in [0.29, 0.717) is 5.92 Å². The van der Waals surface area contributed by atoms with Crippen molar-refractivity contribution in [3.8, 4) is 11.8 Å². The molecule has 0 aliphatic heterocycles. The number of hydrogen-bond acceptors (Lipinski definition) is 2. The van der Waals surface area contributed by atoms with Crippen LogP contribution >= 0.6 is 15.9 Å². The van der Waals surface area contributed by atoms with Crippen LogP contribution in [-0.4, -0.2) is 6.61 Å². The third kappa shape index (κ3) is 2.74. The van der Waals surface area contributed by atoms with E-state index >= 15 is 0 Å². The number of rotatable bonds is 3. The monoisotopic (exact) mass is 253 g/mol. The molecular formula is C11H12BrNO. The summed E-state index contributed by atoms with van der Waals surface area (Å²) in [5.41, 5.74) is 1.25.